The zero-order chi connectivity index (χ0) is 14.8. The van der Waals surface area contributed by atoms with Crippen molar-refractivity contribution in [1.82, 2.24) is 9.62 Å². The Balaban J connectivity index is 2.04. The van der Waals surface area contributed by atoms with E-state index in [1.165, 1.54) is 28.5 Å². The van der Waals surface area contributed by atoms with Crippen LogP contribution in [0.15, 0.2) is 15.7 Å². The van der Waals surface area contributed by atoms with Gasteiger partial charge in [0.1, 0.15) is 4.21 Å². The summed E-state index contributed by atoms with van der Waals surface area (Å²) in [5, 5.41) is 5.34. The number of thiophene rings is 1. The van der Waals surface area contributed by atoms with Crippen molar-refractivity contribution in [2.45, 2.75) is 42.6 Å². The normalized spacial score (nSPS) is 17.6. The van der Waals surface area contributed by atoms with Crippen LogP contribution in [0.25, 0.3) is 0 Å². The summed E-state index contributed by atoms with van der Waals surface area (Å²) in [6, 6.07) is 2.45. The van der Waals surface area contributed by atoms with Crippen LogP contribution in [-0.4, -0.2) is 43.9 Å². The van der Waals surface area contributed by atoms with E-state index in [0.717, 1.165) is 17.9 Å². The van der Waals surface area contributed by atoms with Gasteiger partial charge in [0.25, 0.3) is 10.0 Å². The Hall–Kier alpha value is -0.0800. The van der Waals surface area contributed by atoms with Gasteiger partial charge in [0, 0.05) is 31.4 Å². The summed E-state index contributed by atoms with van der Waals surface area (Å²) in [5.41, 5.74) is 1.06. The van der Waals surface area contributed by atoms with Gasteiger partial charge in [-0.15, -0.1) is 11.3 Å². The lowest BCUT2D eigenvalue weighted by atomic mass is 10.3. The van der Waals surface area contributed by atoms with Crippen LogP contribution in [0.4, 0.5) is 0 Å². The smallest absolute Gasteiger partial charge is 0.252 e. The number of hydrogen-bond acceptors (Lipinski definition) is 5. The second-order valence-electron chi connectivity index (χ2n) is 5.25. The molecule has 1 fully saturated rings. The van der Waals surface area contributed by atoms with Crippen LogP contribution in [-0.2, 0) is 16.6 Å². The van der Waals surface area contributed by atoms with E-state index in [9.17, 15) is 8.42 Å². The molecule has 1 N–H and O–H groups in total. The van der Waals surface area contributed by atoms with Gasteiger partial charge >= 0.3 is 0 Å². The molecule has 1 aliphatic rings. The molecule has 0 aromatic carbocycles. The van der Waals surface area contributed by atoms with Crippen molar-refractivity contribution in [1.29, 1.82) is 0 Å². The van der Waals surface area contributed by atoms with Crippen LogP contribution >= 0.6 is 23.1 Å². The summed E-state index contributed by atoms with van der Waals surface area (Å²) >= 11 is 2.98. The molecule has 4 nitrogen and oxygen atoms in total. The summed E-state index contributed by atoms with van der Waals surface area (Å²) in [6.07, 6.45) is 4.47. The first-order chi connectivity index (χ1) is 9.45. The van der Waals surface area contributed by atoms with Gasteiger partial charge in [0.2, 0.25) is 0 Å². The molecule has 0 radical (unpaired) electrons. The number of nitrogens with one attached hydrogen (secondary N) is 1. The number of thioether (sulfide) groups is 1. The maximum Gasteiger partial charge on any atom is 0.252 e. The zero-order valence-corrected chi connectivity index (χ0v) is 14.6. The lowest BCUT2D eigenvalue weighted by Crippen LogP contribution is -2.36. The van der Waals surface area contributed by atoms with Crippen molar-refractivity contribution in [3.05, 3.63) is 17.0 Å². The highest BCUT2D eigenvalue weighted by atomic mass is 32.2. The molecule has 1 aromatic heterocycles. The van der Waals surface area contributed by atoms with Gasteiger partial charge in [-0.25, -0.2) is 8.42 Å². The fourth-order valence-electron chi connectivity index (χ4n) is 1.86. The molecule has 1 heterocycles. The minimum Gasteiger partial charge on any atom is -0.310 e. The Morgan fingerprint density at radius 3 is 2.85 bits per heavy atom. The summed E-state index contributed by atoms with van der Waals surface area (Å²) < 4.78 is 27.0. The third kappa shape index (κ3) is 3.98. The molecule has 0 saturated heterocycles. The molecule has 1 aromatic rings. The van der Waals surface area contributed by atoms with Gasteiger partial charge in [-0.2, -0.15) is 16.1 Å². The molecular weight excluding hydrogens is 312 g/mol. The molecule has 0 bridgehead atoms. The van der Waals surface area contributed by atoms with Crippen molar-refractivity contribution in [3.8, 4) is 0 Å². The monoisotopic (exact) mass is 334 g/mol. The van der Waals surface area contributed by atoms with Gasteiger partial charge in [-0.05, 0) is 43.0 Å². The Kier molecular flexibility index (Phi) is 5.53. The summed E-state index contributed by atoms with van der Waals surface area (Å²) in [7, 11) is -1.69. The van der Waals surface area contributed by atoms with E-state index in [0.29, 0.717) is 10.3 Å². The first-order valence-electron chi connectivity index (χ1n) is 6.73. The van der Waals surface area contributed by atoms with Crippen molar-refractivity contribution < 1.29 is 8.42 Å². The molecule has 0 aliphatic heterocycles. The molecule has 7 heteroatoms. The maximum atomic E-state index is 12.5. The van der Waals surface area contributed by atoms with E-state index in [-0.39, 0.29) is 6.04 Å². The summed E-state index contributed by atoms with van der Waals surface area (Å²) in [6.45, 7) is 2.71. The van der Waals surface area contributed by atoms with E-state index in [4.69, 9.17) is 0 Å². The van der Waals surface area contributed by atoms with Crippen LogP contribution in [0.2, 0.25) is 0 Å². The fraction of sp³-hybridized carbons (Fsp3) is 0.692. The zero-order valence-electron chi connectivity index (χ0n) is 12.1. The van der Waals surface area contributed by atoms with E-state index < -0.39 is 10.0 Å². The Morgan fingerprint density at radius 2 is 2.25 bits per heavy atom. The lowest BCUT2D eigenvalue weighted by Gasteiger charge is -2.22. The SMILES string of the molecule is CSCC(C)N(C)S(=O)(=O)c1cc(CNC2CC2)cs1. The van der Waals surface area contributed by atoms with Crippen molar-refractivity contribution in [2.24, 2.45) is 0 Å². The topological polar surface area (TPSA) is 49.4 Å². The number of sulfonamides is 1. The second kappa shape index (κ2) is 6.79. The maximum absolute atomic E-state index is 12.5. The number of hydrogen-bond donors (Lipinski definition) is 1. The van der Waals surface area contributed by atoms with Crippen LogP contribution < -0.4 is 5.32 Å². The Morgan fingerprint density at radius 1 is 1.55 bits per heavy atom. The van der Waals surface area contributed by atoms with Crippen molar-refractivity contribution >= 4 is 33.1 Å². The number of nitrogens with zero attached hydrogens (tertiary/aromatic N) is 1. The van der Waals surface area contributed by atoms with Gasteiger partial charge in [-0.3, -0.25) is 0 Å². The quantitative estimate of drug-likeness (QED) is 0.793. The van der Waals surface area contributed by atoms with Crippen LogP contribution in [0.5, 0.6) is 0 Å². The first-order valence-corrected chi connectivity index (χ1v) is 10.4. The molecular formula is C13H22N2O2S3. The Bertz CT molecular complexity index is 538. The highest BCUT2D eigenvalue weighted by Gasteiger charge is 2.27. The molecule has 0 amide bonds. The van der Waals surface area contributed by atoms with E-state index >= 15 is 0 Å². The molecule has 1 unspecified atom stereocenters. The Labute approximate surface area is 130 Å². The van der Waals surface area contributed by atoms with Gasteiger partial charge < -0.3 is 5.32 Å². The molecule has 20 heavy (non-hydrogen) atoms. The molecule has 0 spiro atoms. The van der Waals surface area contributed by atoms with E-state index in [1.54, 1.807) is 24.9 Å². The van der Waals surface area contributed by atoms with Gasteiger partial charge in [0.05, 0.1) is 0 Å². The second-order valence-corrected chi connectivity index (χ2v) is 9.30. The average molecular weight is 335 g/mol. The largest absolute Gasteiger partial charge is 0.310 e. The predicted octanol–water partition coefficient (Wildman–Crippen LogP) is 2.37. The van der Waals surface area contributed by atoms with Gasteiger partial charge in [0.15, 0.2) is 0 Å². The molecule has 1 atom stereocenters. The third-order valence-electron chi connectivity index (χ3n) is 3.46. The van der Waals surface area contributed by atoms with E-state index in [1.807, 2.05) is 18.6 Å². The van der Waals surface area contributed by atoms with Gasteiger partial charge in [-0.1, -0.05) is 0 Å². The highest BCUT2D eigenvalue weighted by molar-refractivity contribution is 7.98. The average Bonchev–Trinajstić information content (AvgIpc) is 3.11. The molecule has 114 valence electrons. The number of rotatable bonds is 8. The minimum atomic E-state index is -3.35. The van der Waals surface area contributed by atoms with Crippen LogP contribution in [0, 0.1) is 0 Å². The first kappa shape index (κ1) is 16.3. The lowest BCUT2D eigenvalue weighted by molar-refractivity contribution is 0.416. The van der Waals surface area contributed by atoms with Crippen LogP contribution in [0.3, 0.4) is 0 Å². The van der Waals surface area contributed by atoms with E-state index in [2.05, 4.69) is 5.32 Å². The van der Waals surface area contributed by atoms with Crippen LogP contribution in [0.1, 0.15) is 25.3 Å². The third-order valence-corrected chi connectivity index (χ3v) is 7.72. The standard InChI is InChI=1S/C13H22N2O2S3/c1-10(8-18-3)15(2)20(16,17)13-6-11(9-19-13)7-14-12-4-5-12/h6,9-10,12,14H,4-5,7-8H2,1-3H3. The highest BCUT2D eigenvalue weighted by Crippen LogP contribution is 2.26. The molecule has 2 rings (SSSR count). The van der Waals surface area contributed by atoms with Crippen molar-refractivity contribution in [3.63, 3.8) is 0 Å². The minimum absolute atomic E-state index is 0.00476. The summed E-state index contributed by atoms with van der Waals surface area (Å²) in [5.74, 6) is 0.803. The molecule has 1 saturated carbocycles. The predicted molar refractivity (Wildman–Crippen MR) is 87.0 cm³/mol. The molecule has 1 aliphatic carbocycles. The van der Waals surface area contributed by atoms with Crippen molar-refractivity contribution in [2.75, 3.05) is 19.1 Å². The summed E-state index contributed by atoms with van der Waals surface area (Å²) in [4.78, 5) is 0. The fourth-order valence-corrected chi connectivity index (χ4v) is 5.41.